The summed E-state index contributed by atoms with van der Waals surface area (Å²) in [6.07, 6.45) is 5.29. The largest absolute Gasteiger partial charge is 0.381 e. The highest BCUT2D eigenvalue weighted by molar-refractivity contribution is 5.98. The van der Waals surface area contributed by atoms with Crippen molar-refractivity contribution in [2.24, 2.45) is 5.73 Å². The average Bonchev–Trinajstić information content (AvgIpc) is 2.41. The van der Waals surface area contributed by atoms with Crippen molar-refractivity contribution in [2.45, 2.75) is 25.8 Å². The third-order valence-corrected chi connectivity index (χ3v) is 3.53. The molecule has 3 N–H and O–H groups in total. The van der Waals surface area contributed by atoms with Crippen molar-refractivity contribution in [3.8, 4) is 0 Å². The minimum absolute atomic E-state index is 0.372. The number of amides is 1. The van der Waals surface area contributed by atoms with Crippen molar-refractivity contribution in [1.29, 1.82) is 0 Å². The van der Waals surface area contributed by atoms with Crippen LogP contribution in [0.1, 0.15) is 30.1 Å². The van der Waals surface area contributed by atoms with Gasteiger partial charge in [0.1, 0.15) is 0 Å². The fraction of sp³-hybridized carbons (Fsp3) is 0.467. The number of carbonyl (C=O) groups excluding carboxylic acids is 1. The predicted molar refractivity (Wildman–Crippen MR) is 80.7 cm³/mol. The third kappa shape index (κ3) is 3.81. The molecule has 0 aromatic carbocycles. The van der Waals surface area contributed by atoms with Gasteiger partial charge in [-0.05, 0) is 25.8 Å². The summed E-state index contributed by atoms with van der Waals surface area (Å²) < 4.78 is 0. The molecule has 1 amide bonds. The van der Waals surface area contributed by atoms with E-state index >= 15 is 0 Å². The Morgan fingerprint density at radius 1 is 1.55 bits per heavy atom. The van der Waals surface area contributed by atoms with E-state index in [0.717, 1.165) is 38.2 Å². The molecule has 0 saturated carbocycles. The number of likely N-dealkylation sites (tertiary alicyclic amines) is 1. The molecule has 1 fully saturated rings. The third-order valence-electron chi connectivity index (χ3n) is 3.53. The van der Waals surface area contributed by atoms with Gasteiger partial charge >= 0.3 is 0 Å². The van der Waals surface area contributed by atoms with Crippen molar-refractivity contribution in [1.82, 2.24) is 9.88 Å². The lowest BCUT2D eigenvalue weighted by atomic mass is 10.0. The summed E-state index contributed by atoms with van der Waals surface area (Å²) in [5.41, 5.74) is 7.79. The van der Waals surface area contributed by atoms with Crippen LogP contribution in [0.2, 0.25) is 0 Å². The summed E-state index contributed by atoms with van der Waals surface area (Å²) in [5, 5.41) is 3.41. The number of hydrogen-bond acceptors (Lipinski definition) is 4. The number of nitrogens with zero attached hydrogens (tertiary/aromatic N) is 2. The minimum atomic E-state index is -0.444. The van der Waals surface area contributed by atoms with Gasteiger partial charge in [0, 0.05) is 38.1 Å². The molecule has 2 rings (SSSR count). The van der Waals surface area contributed by atoms with E-state index in [1.165, 1.54) is 11.8 Å². The van der Waals surface area contributed by atoms with Crippen LogP contribution in [0.5, 0.6) is 0 Å². The molecule has 108 valence electrons. The maximum atomic E-state index is 11.4. The van der Waals surface area contributed by atoms with Crippen LogP contribution < -0.4 is 11.1 Å². The number of anilines is 1. The number of carbonyl (C=O) groups is 1. The van der Waals surface area contributed by atoms with Gasteiger partial charge in [-0.1, -0.05) is 12.2 Å². The molecule has 0 radical (unpaired) electrons. The molecule has 0 bridgehead atoms. The van der Waals surface area contributed by atoms with Crippen LogP contribution in [0.15, 0.2) is 30.6 Å². The Morgan fingerprint density at radius 3 is 2.85 bits per heavy atom. The summed E-state index contributed by atoms with van der Waals surface area (Å²) in [6.45, 7) is 9.06. The number of nitrogens with one attached hydrogen (secondary N) is 1. The van der Waals surface area contributed by atoms with Crippen LogP contribution in [0.4, 0.5) is 5.69 Å². The zero-order valence-corrected chi connectivity index (χ0v) is 11.9. The quantitative estimate of drug-likeness (QED) is 0.801. The number of primary amides is 1. The molecule has 20 heavy (non-hydrogen) atoms. The van der Waals surface area contributed by atoms with E-state index < -0.39 is 5.91 Å². The summed E-state index contributed by atoms with van der Waals surface area (Å²) in [5.74, 6) is -0.444. The molecule has 0 unspecified atom stereocenters. The topological polar surface area (TPSA) is 71.2 Å². The van der Waals surface area contributed by atoms with Gasteiger partial charge in [0.2, 0.25) is 0 Å². The van der Waals surface area contributed by atoms with Gasteiger partial charge < -0.3 is 11.1 Å². The molecule has 2 heterocycles. The Bertz CT molecular complexity index is 492. The number of pyridine rings is 1. The molecule has 1 aromatic heterocycles. The van der Waals surface area contributed by atoms with Crippen molar-refractivity contribution >= 4 is 11.6 Å². The Kier molecular flexibility index (Phi) is 4.74. The average molecular weight is 274 g/mol. The zero-order valence-electron chi connectivity index (χ0n) is 11.9. The van der Waals surface area contributed by atoms with Gasteiger partial charge in [-0.25, -0.2) is 0 Å². The van der Waals surface area contributed by atoms with E-state index in [2.05, 4.69) is 28.7 Å². The lowest BCUT2D eigenvalue weighted by molar-refractivity contribution is 0.100. The summed E-state index contributed by atoms with van der Waals surface area (Å²) in [6, 6.07) is 2.18. The predicted octanol–water partition coefficient (Wildman–Crippen LogP) is 1.63. The van der Waals surface area contributed by atoms with Crippen molar-refractivity contribution < 1.29 is 4.79 Å². The summed E-state index contributed by atoms with van der Waals surface area (Å²) in [4.78, 5) is 17.7. The SMILES string of the molecule is C=C(C)CN1CCC(Nc2ccncc2C(N)=O)CC1. The number of rotatable bonds is 5. The molecular weight excluding hydrogens is 252 g/mol. The lowest BCUT2D eigenvalue weighted by Gasteiger charge is -2.33. The normalized spacial score (nSPS) is 16.9. The van der Waals surface area contributed by atoms with Crippen molar-refractivity contribution in [3.63, 3.8) is 0 Å². The molecule has 5 heteroatoms. The van der Waals surface area contributed by atoms with Crippen LogP contribution >= 0.6 is 0 Å². The van der Waals surface area contributed by atoms with E-state index in [9.17, 15) is 4.79 Å². The molecule has 0 aliphatic carbocycles. The standard InChI is InChI=1S/C15H22N4O/c1-11(2)10-19-7-4-12(5-8-19)18-14-3-6-17-9-13(14)15(16)20/h3,6,9,12H,1,4-5,7-8,10H2,2H3,(H2,16,20)(H,17,18). The van der Waals surface area contributed by atoms with E-state index in [-0.39, 0.29) is 0 Å². The second-order valence-corrected chi connectivity index (χ2v) is 5.44. The van der Waals surface area contributed by atoms with Crippen LogP contribution in [-0.2, 0) is 0 Å². The van der Waals surface area contributed by atoms with Crippen molar-refractivity contribution in [2.75, 3.05) is 25.0 Å². The summed E-state index contributed by atoms with van der Waals surface area (Å²) in [7, 11) is 0. The Balaban J connectivity index is 1.93. The van der Waals surface area contributed by atoms with Crippen LogP contribution in [0, 0.1) is 0 Å². The fourth-order valence-corrected chi connectivity index (χ4v) is 2.55. The first-order valence-electron chi connectivity index (χ1n) is 6.93. The molecule has 5 nitrogen and oxygen atoms in total. The highest BCUT2D eigenvalue weighted by Gasteiger charge is 2.20. The van der Waals surface area contributed by atoms with E-state index in [1.807, 2.05) is 0 Å². The molecule has 0 atom stereocenters. The van der Waals surface area contributed by atoms with Crippen molar-refractivity contribution in [3.05, 3.63) is 36.2 Å². The minimum Gasteiger partial charge on any atom is -0.381 e. The monoisotopic (exact) mass is 274 g/mol. The van der Waals surface area contributed by atoms with Crippen LogP contribution in [-0.4, -0.2) is 41.5 Å². The number of piperidine rings is 1. The lowest BCUT2D eigenvalue weighted by Crippen LogP contribution is -2.40. The van der Waals surface area contributed by atoms with Gasteiger partial charge in [0.25, 0.3) is 5.91 Å². The fourth-order valence-electron chi connectivity index (χ4n) is 2.55. The van der Waals surface area contributed by atoms with Gasteiger partial charge in [-0.15, -0.1) is 0 Å². The number of aromatic nitrogens is 1. The van der Waals surface area contributed by atoms with Gasteiger partial charge in [-0.3, -0.25) is 14.7 Å². The van der Waals surface area contributed by atoms with Gasteiger partial charge in [0.05, 0.1) is 11.3 Å². The first-order chi connectivity index (χ1) is 9.56. The Labute approximate surface area is 119 Å². The molecule has 1 aliphatic rings. The smallest absolute Gasteiger partial charge is 0.252 e. The first kappa shape index (κ1) is 14.5. The molecule has 1 aromatic rings. The second kappa shape index (κ2) is 6.52. The maximum absolute atomic E-state index is 11.4. The number of hydrogen-bond donors (Lipinski definition) is 2. The van der Waals surface area contributed by atoms with Gasteiger partial charge in [0.15, 0.2) is 0 Å². The summed E-state index contributed by atoms with van der Waals surface area (Å²) >= 11 is 0. The Hall–Kier alpha value is -1.88. The highest BCUT2D eigenvalue weighted by Crippen LogP contribution is 2.19. The van der Waals surface area contributed by atoms with Crippen LogP contribution in [0.3, 0.4) is 0 Å². The van der Waals surface area contributed by atoms with E-state index in [0.29, 0.717) is 11.6 Å². The highest BCUT2D eigenvalue weighted by atomic mass is 16.1. The van der Waals surface area contributed by atoms with E-state index in [4.69, 9.17) is 5.73 Å². The molecule has 0 spiro atoms. The molecule has 1 saturated heterocycles. The second-order valence-electron chi connectivity index (χ2n) is 5.44. The van der Waals surface area contributed by atoms with E-state index in [1.54, 1.807) is 12.3 Å². The van der Waals surface area contributed by atoms with Gasteiger partial charge in [-0.2, -0.15) is 0 Å². The molecular formula is C15H22N4O. The zero-order chi connectivity index (χ0) is 14.5. The molecule has 1 aliphatic heterocycles. The van der Waals surface area contributed by atoms with Crippen LogP contribution in [0.25, 0.3) is 0 Å². The first-order valence-corrected chi connectivity index (χ1v) is 6.93. The maximum Gasteiger partial charge on any atom is 0.252 e. The Morgan fingerprint density at radius 2 is 2.25 bits per heavy atom. The number of nitrogens with two attached hydrogens (primary N) is 1.